The molecule has 2 aromatic rings. The Morgan fingerprint density at radius 1 is 1.03 bits per heavy atom. The summed E-state index contributed by atoms with van der Waals surface area (Å²) in [5, 5.41) is 6.79. The van der Waals surface area contributed by atoms with E-state index in [0.717, 1.165) is 62.5 Å². The van der Waals surface area contributed by atoms with Crippen molar-refractivity contribution in [3.8, 4) is 5.75 Å². The van der Waals surface area contributed by atoms with Crippen LogP contribution < -0.4 is 20.3 Å². The van der Waals surface area contributed by atoms with Gasteiger partial charge in [-0.3, -0.25) is 4.79 Å². The number of hydrogen-bond acceptors (Lipinski definition) is 6. The third-order valence-electron chi connectivity index (χ3n) is 6.57. The van der Waals surface area contributed by atoms with Crippen molar-refractivity contribution in [3.05, 3.63) is 41.6 Å². The Morgan fingerprint density at radius 3 is 2.52 bits per heavy atom. The van der Waals surface area contributed by atoms with Gasteiger partial charge in [-0.05, 0) is 69.9 Å². The number of hydrogen-bond donors (Lipinski definition) is 2. The summed E-state index contributed by atoms with van der Waals surface area (Å²) >= 11 is 0. The zero-order valence-corrected chi connectivity index (χ0v) is 20.0. The largest absolute Gasteiger partial charge is 0.494 e. The summed E-state index contributed by atoms with van der Waals surface area (Å²) in [5.74, 6) is 2.78. The Kier molecular flexibility index (Phi) is 8.02. The average Bonchev–Trinajstić information content (AvgIpc) is 2.83. The quantitative estimate of drug-likeness (QED) is 0.559. The number of aromatic nitrogens is 2. The number of anilines is 2. The summed E-state index contributed by atoms with van der Waals surface area (Å²) in [6.07, 6.45) is 9.77. The van der Waals surface area contributed by atoms with E-state index in [9.17, 15) is 4.79 Å². The van der Waals surface area contributed by atoms with Gasteiger partial charge < -0.3 is 20.3 Å². The highest BCUT2D eigenvalue weighted by molar-refractivity contribution is 5.76. The number of nitrogens with zero attached hydrogens (tertiary/aromatic N) is 3. The van der Waals surface area contributed by atoms with Crippen molar-refractivity contribution in [3.63, 3.8) is 0 Å². The molecule has 7 heteroatoms. The second-order valence-electron chi connectivity index (χ2n) is 9.42. The molecule has 2 N–H and O–H groups in total. The Bertz CT molecular complexity index is 910. The van der Waals surface area contributed by atoms with Gasteiger partial charge in [0.2, 0.25) is 11.9 Å². The van der Waals surface area contributed by atoms with Crippen LogP contribution in [0.25, 0.3) is 0 Å². The fraction of sp³-hybridized carbons (Fsp3) is 0.577. The lowest BCUT2D eigenvalue weighted by molar-refractivity contribution is -0.122. The highest BCUT2D eigenvalue weighted by Gasteiger charge is 2.24. The first-order valence-electron chi connectivity index (χ1n) is 12.4. The zero-order chi connectivity index (χ0) is 23.0. The lowest BCUT2D eigenvalue weighted by Crippen LogP contribution is -2.40. The number of para-hydroxylation sites is 1. The standard InChI is InChI=1S/C26H37N5O2/c1-31(2)25-22-11-6-7-12-23(22)29-26(30-25)28-20-16-14-19(15-17-20)27-24(32)13-8-18-33-21-9-4-3-5-10-21/h3-5,9-10,19-20H,6-8,11-18H2,1-2H3,(H,27,32)(H,28,29,30)/t19-,20+. The zero-order valence-electron chi connectivity index (χ0n) is 20.0. The molecule has 0 spiro atoms. The molecule has 1 fully saturated rings. The minimum absolute atomic E-state index is 0.122. The van der Waals surface area contributed by atoms with Crippen molar-refractivity contribution >= 4 is 17.7 Å². The monoisotopic (exact) mass is 451 g/mol. The van der Waals surface area contributed by atoms with Gasteiger partial charge in [0.1, 0.15) is 11.6 Å². The predicted octanol–water partition coefficient (Wildman–Crippen LogP) is 4.12. The Balaban J connectivity index is 1.19. The molecule has 0 atom stereocenters. The number of fused-ring (bicyclic) bond motifs is 1. The molecule has 0 bridgehead atoms. The number of carbonyl (C=O) groups is 1. The molecule has 0 aliphatic heterocycles. The number of amides is 1. The van der Waals surface area contributed by atoms with Crippen LogP contribution in [0, 0.1) is 0 Å². The number of benzene rings is 1. The molecule has 7 nitrogen and oxygen atoms in total. The van der Waals surface area contributed by atoms with Crippen molar-refractivity contribution in [2.24, 2.45) is 0 Å². The van der Waals surface area contributed by atoms with Crippen molar-refractivity contribution in [2.75, 3.05) is 30.9 Å². The number of carbonyl (C=O) groups excluding carboxylic acids is 1. The van der Waals surface area contributed by atoms with Crippen LogP contribution in [0.15, 0.2) is 30.3 Å². The maximum absolute atomic E-state index is 12.3. The third-order valence-corrected chi connectivity index (χ3v) is 6.57. The first-order chi connectivity index (χ1) is 16.1. The molecule has 0 radical (unpaired) electrons. The fourth-order valence-corrected chi connectivity index (χ4v) is 4.81. The molecular formula is C26H37N5O2. The Labute approximate surface area is 197 Å². The highest BCUT2D eigenvalue weighted by atomic mass is 16.5. The van der Waals surface area contributed by atoms with Crippen LogP contribution in [0.5, 0.6) is 5.75 Å². The maximum atomic E-state index is 12.3. The maximum Gasteiger partial charge on any atom is 0.225 e. The van der Waals surface area contributed by atoms with Gasteiger partial charge in [-0.15, -0.1) is 0 Å². The van der Waals surface area contributed by atoms with E-state index in [2.05, 4.69) is 29.6 Å². The van der Waals surface area contributed by atoms with Crippen molar-refractivity contribution in [1.82, 2.24) is 15.3 Å². The molecule has 1 amide bonds. The van der Waals surface area contributed by atoms with Crippen LogP contribution in [-0.4, -0.2) is 48.7 Å². The summed E-state index contributed by atoms with van der Waals surface area (Å²) in [6.45, 7) is 0.559. The van der Waals surface area contributed by atoms with Crippen LogP contribution in [0.3, 0.4) is 0 Å². The smallest absolute Gasteiger partial charge is 0.225 e. The number of rotatable bonds is 9. The van der Waals surface area contributed by atoms with Crippen molar-refractivity contribution < 1.29 is 9.53 Å². The van der Waals surface area contributed by atoms with E-state index in [0.29, 0.717) is 19.1 Å². The van der Waals surface area contributed by atoms with E-state index in [4.69, 9.17) is 14.7 Å². The Hall–Kier alpha value is -2.83. The predicted molar refractivity (Wildman–Crippen MR) is 132 cm³/mol. The third kappa shape index (κ3) is 6.59. The molecule has 1 aromatic carbocycles. The van der Waals surface area contributed by atoms with Crippen molar-refractivity contribution in [2.45, 2.75) is 76.3 Å². The summed E-state index contributed by atoms with van der Waals surface area (Å²) < 4.78 is 5.67. The van der Waals surface area contributed by atoms with E-state index in [-0.39, 0.29) is 11.9 Å². The van der Waals surface area contributed by atoms with E-state index in [1.807, 2.05) is 30.3 Å². The van der Waals surface area contributed by atoms with Gasteiger partial charge in [0.15, 0.2) is 0 Å². The van der Waals surface area contributed by atoms with E-state index in [1.165, 1.54) is 24.1 Å². The highest BCUT2D eigenvalue weighted by Crippen LogP contribution is 2.29. The lowest BCUT2D eigenvalue weighted by Gasteiger charge is -2.30. The van der Waals surface area contributed by atoms with Gasteiger partial charge in [-0.1, -0.05) is 18.2 Å². The number of nitrogens with one attached hydrogen (secondary N) is 2. The van der Waals surface area contributed by atoms with Gasteiger partial charge in [0, 0.05) is 38.2 Å². The van der Waals surface area contributed by atoms with Gasteiger partial charge in [-0.25, -0.2) is 4.98 Å². The molecule has 4 rings (SSSR count). The molecule has 1 saturated carbocycles. The average molecular weight is 452 g/mol. The molecule has 2 aliphatic carbocycles. The molecular weight excluding hydrogens is 414 g/mol. The minimum atomic E-state index is 0.122. The summed E-state index contributed by atoms with van der Waals surface area (Å²) in [7, 11) is 4.12. The Morgan fingerprint density at radius 2 is 1.76 bits per heavy atom. The molecule has 178 valence electrons. The van der Waals surface area contributed by atoms with E-state index >= 15 is 0 Å². The summed E-state index contributed by atoms with van der Waals surface area (Å²) in [5.41, 5.74) is 2.53. The first kappa shape index (κ1) is 23.3. The molecule has 0 saturated heterocycles. The molecule has 2 aliphatic rings. The SMILES string of the molecule is CN(C)c1nc(N[C@H]2CC[C@@H](NC(=O)CCCOc3ccccc3)CC2)nc2c1CCCC2. The first-order valence-corrected chi connectivity index (χ1v) is 12.4. The molecule has 0 unspecified atom stereocenters. The summed E-state index contributed by atoms with van der Waals surface area (Å²) in [4.78, 5) is 24.1. The normalized spacial score (nSPS) is 19.9. The topological polar surface area (TPSA) is 79.4 Å². The fourth-order valence-electron chi connectivity index (χ4n) is 4.81. The van der Waals surface area contributed by atoms with E-state index < -0.39 is 0 Å². The van der Waals surface area contributed by atoms with Crippen LogP contribution in [0.4, 0.5) is 11.8 Å². The molecule has 1 aromatic heterocycles. The van der Waals surface area contributed by atoms with Crippen molar-refractivity contribution in [1.29, 1.82) is 0 Å². The molecule has 33 heavy (non-hydrogen) atoms. The van der Waals surface area contributed by atoms with Gasteiger partial charge in [0.25, 0.3) is 0 Å². The van der Waals surface area contributed by atoms with E-state index in [1.54, 1.807) is 0 Å². The second-order valence-corrected chi connectivity index (χ2v) is 9.42. The molecule has 1 heterocycles. The number of aryl methyl sites for hydroxylation is 1. The van der Waals surface area contributed by atoms with Gasteiger partial charge >= 0.3 is 0 Å². The van der Waals surface area contributed by atoms with Crippen LogP contribution in [0.2, 0.25) is 0 Å². The second kappa shape index (κ2) is 11.3. The van der Waals surface area contributed by atoms with Gasteiger partial charge in [-0.2, -0.15) is 4.98 Å². The summed E-state index contributed by atoms with van der Waals surface area (Å²) in [6, 6.07) is 10.3. The van der Waals surface area contributed by atoms with Crippen LogP contribution in [0.1, 0.15) is 62.6 Å². The lowest BCUT2D eigenvalue weighted by atomic mass is 9.91. The van der Waals surface area contributed by atoms with Gasteiger partial charge in [0.05, 0.1) is 12.3 Å². The minimum Gasteiger partial charge on any atom is -0.494 e. The number of ether oxygens (including phenoxy) is 1. The van der Waals surface area contributed by atoms with Crippen LogP contribution in [-0.2, 0) is 17.6 Å². The van der Waals surface area contributed by atoms with Crippen LogP contribution >= 0.6 is 0 Å².